The van der Waals surface area contributed by atoms with Gasteiger partial charge in [-0.15, -0.1) is 0 Å². The molecule has 0 aliphatic rings. The molecule has 5 heteroatoms. The average molecular weight is 280 g/mol. The Kier molecular flexibility index (Phi) is 5.34. The van der Waals surface area contributed by atoms with E-state index in [9.17, 15) is 0 Å². The summed E-state index contributed by atoms with van der Waals surface area (Å²) in [6.45, 7) is 13.7. The van der Waals surface area contributed by atoms with E-state index in [1.165, 1.54) is 0 Å². The first-order valence-corrected chi connectivity index (χ1v) is 7.10. The van der Waals surface area contributed by atoms with Crippen LogP contribution in [-0.4, -0.2) is 36.3 Å². The predicted molar refractivity (Wildman–Crippen MR) is 84.2 cm³/mol. The van der Waals surface area contributed by atoms with Crippen LogP contribution in [0.5, 0.6) is 0 Å². The Morgan fingerprint density at radius 3 is 2.35 bits per heavy atom. The molecule has 114 valence electrons. The minimum atomic E-state index is -0.119. The van der Waals surface area contributed by atoms with Crippen molar-refractivity contribution in [1.82, 2.24) is 9.97 Å². The van der Waals surface area contributed by atoms with E-state index >= 15 is 0 Å². The van der Waals surface area contributed by atoms with Crippen molar-refractivity contribution in [3.8, 4) is 0 Å². The second-order valence-corrected chi connectivity index (χ2v) is 6.47. The second-order valence-electron chi connectivity index (χ2n) is 6.47. The van der Waals surface area contributed by atoms with E-state index in [0.717, 1.165) is 23.8 Å². The van der Waals surface area contributed by atoms with E-state index < -0.39 is 0 Å². The first kappa shape index (κ1) is 16.7. The lowest BCUT2D eigenvalue weighted by Crippen LogP contribution is -2.28. The van der Waals surface area contributed by atoms with E-state index in [-0.39, 0.29) is 11.5 Å². The molecule has 0 bridgehead atoms. The summed E-state index contributed by atoms with van der Waals surface area (Å²) in [5.74, 6) is 2.21. The fourth-order valence-corrected chi connectivity index (χ4v) is 1.76. The Morgan fingerprint density at radius 2 is 1.85 bits per heavy atom. The largest absolute Gasteiger partial charge is 0.383 e. The van der Waals surface area contributed by atoms with Crippen LogP contribution in [0.4, 0.5) is 11.6 Å². The van der Waals surface area contributed by atoms with Crippen molar-refractivity contribution in [3.63, 3.8) is 0 Å². The number of hydrogen-bond acceptors (Lipinski definition) is 5. The fraction of sp³-hybridized carbons (Fsp3) is 0.733. The zero-order chi connectivity index (χ0) is 15.5. The lowest BCUT2D eigenvalue weighted by atomic mass is 9.95. The fourth-order valence-electron chi connectivity index (χ4n) is 1.76. The van der Waals surface area contributed by atoms with Crippen molar-refractivity contribution >= 4 is 11.6 Å². The van der Waals surface area contributed by atoms with Gasteiger partial charge in [-0.25, -0.2) is 9.97 Å². The molecule has 1 aromatic heterocycles. The van der Waals surface area contributed by atoms with Crippen LogP contribution < -0.4 is 10.6 Å². The molecule has 0 aliphatic carbocycles. The summed E-state index contributed by atoms with van der Waals surface area (Å²) in [6, 6.07) is 0. The molecule has 0 unspecified atom stereocenters. The summed E-state index contributed by atoms with van der Waals surface area (Å²) in [5.41, 5.74) is 6.83. The Bertz CT molecular complexity index is 452. The molecule has 0 aromatic carbocycles. The van der Waals surface area contributed by atoms with Crippen LogP contribution in [0, 0.1) is 6.92 Å². The maximum absolute atomic E-state index is 6.02. The predicted octanol–water partition coefficient (Wildman–Crippen LogP) is 2.53. The molecule has 0 aliphatic heterocycles. The Labute approximate surface area is 122 Å². The molecule has 20 heavy (non-hydrogen) atoms. The quantitative estimate of drug-likeness (QED) is 0.898. The number of nitrogens with zero attached hydrogens (tertiary/aromatic N) is 3. The summed E-state index contributed by atoms with van der Waals surface area (Å²) >= 11 is 0. The number of ether oxygens (including phenoxy) is 1. The molecule has 1 rings (SSSR count). The maximum Gasteiger partial charge on any atom is 0.138 e. The molecule has 2 N–H and O–H groups in total. The highest BCUT2D eigenvalue weighted by molar-refractivity contribution is 5.56. The standard InChI is InChI=1S/C15H28N4O/c1-10(2)20-9-8-19(7)13-11(3)12(16)17-14(18-13)15(4,5)6/h10H,8-9H2,1-7H3,(H2,16,17,18). The molecular weight excluding hydrogens is 252 g/mol. The van der Waals surface area contributed by atoms with Gasteiger partial charge in [0, 0.05) is 24.6 Å². The van der Waals surface area contributed by atoms with E-state index in [1.807, 2.05) is 27.8 Å². The van der Waals surface area contributed by atoms with E-state index in [1.54, 1.807) is 0 Å². The summed E-state index contributed by atoms with van der Waals surface area (Å²) in [5, 5.41) is 0. The van der Waals surface area contributed by atoms with Crippen LogP contribution in [0.2, 0.25) is 0 Å². The van der Waals surface area contributed by atoms with Crippen molar-refractivity contribution in [2.75, 3.05) is 30.8 Å². The van der Waals surface area contributed by atoms with Crippen molar-refractivity contribution in [1.29, 1.82) is 0 Å². The number of anilines is 2. The van der Waals surface area contributed by atoms with Gasteiger partial charge in [0.1, 0.15) is 17.5 Å². The van der Waals surface area contributed by atoms with Crippen molar-refractivity contribution in [3.05, 3.63) is 11.4 Å². The summed E-state index contributed by atoms with van der Waals surface area (Å²) < 4.78 is 5.59. The van der Waals surface area contributed by atoms with Gasteiger partial charge < -0.3 is 15.4 Å². The van der Waals surface area contributed by atoms with Gasteiger partial charge in [0.2, 0.25) is 0 Å². The highest BCUT2D eigenvalue weighted by Crippen LogP contribution is 2.26. The molecule has 0 amide bonds. The number of aromatic nitrogens is 2. The summed E-state index contributed by atoms with van der Waals surface area (Å²) in [4.78, 5) is 11.2. The molecule has 0 spiro atoms. The van der Waals surface area contributed by atoms with E-state index in [0.29, 0.717) is 12.4 Å². The van der Waals surface area contributed by atoms with Crippen LogP contribution in [0.15, 0.2) is 0 Å². The third kappa shape index (κ3) is 4.34. The van der Waals surface area contributed by atoms with Gasteiger partial charge in [-0.2, -0.15) is 0 Å². The van der Waals surface area contributed by atoms with Gasteiger partial charge >= 0.3 is 0 Å². The molecule has 1 aromatic rings. The number of nitrogens with two attached hydrogens (primary N) is 1. The first-order valence-electron chi connectivity index (χ1n) is 7.10. The van der Waals surface area contributed by atoms with Crippen LogP contribution >= 0.6 is 0 Å². The van der Waals surface area contributed by atoms with Gasteiger partial charge in [-0.1, -0.05) is 20.8 Å². The number of hydrogen-bond donors (Lipinski definition) is 1. The molecule has 0 saturated carbocycles. The maximum atomic E-state index is 6.02. The zero-order valence-corrected chi connectivity index (χ0v) is 13.8. The first-order chi connectivity index (χ1) is 9.12. The van der Waals surface area contributed by atoms with Crippen LogP contribution in [0.1, 0.15) is 46.0 Å². The van der Waals surface area contributed by atoms with Crippen LogP contribution in [-0.2, 0) is 10.2 Å². The van der Waals surface area contributed by atoms with Crippen LogP contribution in [0.3, 0.4) is 0 Å². The average Bonchev–Trinajstić information content (AvgIpc) is 2.30. The van der Waals surface area contributed by atoms with Gasteiger partial charge in [-0.3, -0.25) is 0 Å². The third-order valence-corrected chi connectivity index (χ3v) is 3.07. The molecule has 0 atom stereocenters. The molecule has 0 radical (unpaired) electrons. The number of rotatable bonds is 5. The smallest absolute Gasteiger partial charge is 0.138 e. The summed E-state index contributed by atoms with van der Waals surface area (Å²) in [7, 11) is 2.00. The highest BCUT2D eigenvalue weighted by atomic mass is 16.5. The van der Waals surface area contributed by atoms with Crippen molar-refractivity contribution < 1.29 is 4.74 Å². The zero-order valence-electron chi connectivity index (χ0n) is 13.8. The van der Waals surface area contributed by atoms with Gasteiger partial charge in [-0.05, 0) is 20.8 Å². The Balaban J connectivity index is 2.95. The number of likely N-dealkylation sites (N-methyl/N-ethyl adjacent to an activating group) is 1. The van der Waals surface area contributed by atoms with Crippen LogP contribution in [0.25, 0.3) is 0 Å². The monoisotopic (exact) mass is 280 g/mol. The van der Waals surface area contributed by atoms with Gasteiger partial charge in [0.05, 0.1) is 12.7 Å². The second kappa shape index (κ2) is 6.39. The highest BCUT2D eigenvalue weighted by Gasteiger charge is 2.21. The normalized spacial score (nSPS) is 12.0. The van der Waals surface area contributed by atoms with E-state index in [4.69, 9.17) is 10.5 Å². The lowest BCUT2D eigenvalue weighted by molar-refractivity contribution is 0.0845. The SMILES string of the molecule is Cc1c(N)nc(C(C)(C)C)nc1N(C)CCOC(C)C. The molecule has 5 nitrogen and oxygen atoms in total. The Morgan fingerprint density at radius 1 is 1.25 bits per heavy atom. The third-order valence-electron chi connectivity index (χ3n) is 3.07. The minimum absolute atomic E-state index is 0.119. The lowest BCUT2D eigenvalue weighted by Gasteiger charge is -2.25. The Hall–Kier alpha value is -1.36. The van der Waals surface area contributed by atoms with Gasteiger partial charge in [0.15, 0.2) is 0 Å². The molecule has 0 fully saturated rings. The molecule has 1 heterocycles. The van der Waals surface area contributed by atoms with Gasteiger partial charge in [0.25, 0.3) is 0 Å². The van der Waals surface area contributed by atoms with E-state index in [2.05, 4.69) is 35.6 Å². The molecular formula is C15H28N4O. The topological polar surface area (TPSA) is 64.3 Å². The minimum Gasteiger partial charge on any atom is -0.383 e. The van der Waals surface area contributed by atoms with Crippen molar-refractivity contribution in [2.45, 2.75) is 53.1 Å². The molecule has 0 saturated heterocycles. The van der Waals surface area contributed by atoms with Crippen molar-refractivity contribution in [2.24, 2.45) is 0 Å². The number of nitrogen functional groups attached to an aromatic ring is 1. The summed E-state index contributed by atoms with van der Waals surface area (Å²) in [6.07, 6.45) is 0.241.